The molecule has 1 aromatic carbocycles. The topological polar surface area (TPSA) is 46.1 Å². The summed E-state index contributed by atoms with van der Waals surface area (Å²) >= 11 is 0. The van der Waals surface area contributed by atoms with Gasteiger partial charge in [0.2, 0.25) is 0 Å². The van der Waals surface area contributed by atoms with Crippen molar-refractivity contribution < 1.29 is 0 Å². The first-order chi connectivity index (χ1) is 13.7. The molecule has 2 rings (SSSR count). The molecule has 6 nitrogen and oxygen atoms in total. The van der Waals surface area contributed by atoms with Gasteiger partial charge in [-0.1, -0.05) is 51.1 Å². The Morgan fingerprint density at radius 2 is 1.62 bits per heavy atom. The molecule has 0 aliphatic carbocycles. The van der Waals surface area contributed by atoms with Gasteiger partial charge in [0, 0.05) is 52.9 Å². The van der Waals surface area contributed by atoms with Crippen LogP contribution in [-0.4, -0.2) is 93.2 Å². The zero-order valence-electron chi connectivity index (χ0n) is 18.7. The van der Waals surface area contributed by atoms with E-state index in [0.717, 1.165) is 45.2 Å². The van der Waals surface area contributed by atoms with Gasteiger partial charge < -0.3 is 15.5 Å². The maximum Gasteiger partial charge on any atom is 0.191 e. The number of guanidine groups is 1. The van der Waals surface area contributed by atoms with E-state index in [1.165, 1.54) is 31.7 Å². The molecule has 0 saturated carbocycles. The third-order valence-electron chi connectivity index (χ3n) is 5.76. The molecule has 0 spiro atoms. The highest BCUT2D eigenvalue weighted by Crippen LogP contribution is 2.19. The second-order valence-electron chi connectivity index (χ2n) is 7.30. The normalized spacial score (nSPS) is 17.1. The van der Waals surface area contributed by atoms with Crippen LogP contribution in [0.2, 0.25) is 0 Å². The second kappa shape index (κ2) is 15.0. The zero-order chi connectivity index (χ0) is 20.2. The van der Waals surface area contributed by atoms with E-state index in [9.17, 15) is 0 Å². The molecule has 166 valence electrons. The minimum Gasteiger partial charge on any atom is -0.355 e. The van der Waals surface area contributed by atoms with E-state index >= 15 is 0 Å². The van der Waals surface area contributed by atoms with Crippen molar-refractivity contribution >= 4 is 29.9 Å². The molecule has 2 N–H and O–H groups in total. The Hall–Kier alpha value is -0.900. The lowest BCUT2D eigenvalue weighted by Gasteiger charge is -2.34. The summed E-state index contributed by atoms with van der Waals surface area (Å²) in [5.74, 6) is 0.889. The van der Waals surface area contributed by atoms with Gasteiger partial charge in [0.25, 0.3) is 0 Å². The minimum absolute atomic E-state index is 0. The maximum atomic E-state index is 4.42. The summed E-state index contributed by atoms with van der Waals surface area (Å²) in [6.07, 6.45) is 0. The standard InChI is InChI=1S/C22H40N6.HI/c1-5-26-15-17-27(18-16-26)14-13-24-22(23-4)25-19-21(28(6-2)7-3)20-11-9-8-10-12-20;/h8-12,21H,5-7,13-19H2,1-4H3,(H2,23,24,25);1H. The summed E-state index contributed by atoms with van der Waals surface area (Å²) in [5.41, 5.74) is 1.35. The van der Waals surface area contributed by atoms with Crippen LogP contribution in [0.25, 0.3) is 0 Å². The van der Waals surface area contributed by atoms with E-state index in [1.54, 1.807) is 0 Å². The predicted molar refractivity (Wildman–Crippen MR) is 135 cm³/mol. The molecular weight excluding hydrogens is 475 g/mol. The highest BCUT2D eigenvalue weighted by molar-refractivity contribution is 14.0. The first-order valence-electron chi connectivity index (χ1n) is 10.9. The van der Waals surface area contributed by atoms with Crippen molar-refractivity contribution in [3.8, 4) is 0 Å². The van der Waals surface area contributed by atoms with E-state index < -0.39 is 0 Å². The summed E-state index contributed by atoms with van der Waals surface area (Å²) in [6, 6.07) is 11.1. The first kappa shape index (κ1) is 26.1. The van der Waals surface area contributed by atoms with Gasteiger partial charge in [0.15, 0.2) is 5.96 Å². The van der Waals surface area contributed by atoms with Gasteiger partial charge in [-0.2, -0.15) is 0 Å². The number of aliphatic imine (C=N–C) groups is 1. The minimum atomic E-state index is 0. The molecule has 7 heteroatoms. The summed E-state index contributed by atoms with van der Waals surface area (Å²) in [5, 5.41) is 7.03. The Labute approximate surface area is 195 Å². The number of halogens is 1. The number of nitrogens with one attached hydrogen (secondary N) is 2. The van der Waals surface area contributed by atoms with Gasteiger partial charge in [-0.05, 0) is 25.2 Å². The Balaban J connectivity index is 0.00000420. The molecule has 0 aromatic heterocycles. The van der Waals surface area contributed by atoms with E-state index in [2.05, 4.69) is 81.4 Å². The Bertz CT molecular complexity index is 556. The lowest BCUT2D eigenvalue weighted by molar-refractivity contribution is 0.139. The largest absolute Gasteiger partial charge is 0.355 e. The number of hydrogen-bond donors (Lipinski definition) is 2. The fourth-order valence-corrected chi connectivity index (χ4v) is 3.87. The molecule has 1 heterocycles. The van der Waals surface area contributed by atoms with Crippen LogP contribution in [0.4, 0.5) is 0 Å². The number of nitrogens with zero attached hydrogens (tertiary/aromatic N) is 4. The Morgan fingerprint density at radius 3 is 2.17 bits per heavy atom. The zero-order valence-corrected chi connectivity index (χ0v) is 21.1. The SMILES string of the molecule is CCN1CCN(CCNC(=NC)NCC(c2ccccc2)N(CC)CC)CC1.I. The summed E-state index contributed by atoms with van der Waals surface area (Å²) < 4.78 is 0. The summed E-state index contributed by atoms with van der Waals surface area (Å²) in [4.78, 5) is 12.0. The van der Waals surface area contributed by atoms with Crippen molar-refractivity contribution in [1.29, 1.82) is 0 Å². The monoisotopic (exact) mass is 516 g/mol. The van der Waals surface area contributed by atoms with E-state index in [-0.39, 0.29) is 24.0 Å². The number of piperazine rings is 1. The number of benzene rings is 1. The Kier molecular flexibility index (Phi) is 13.5. The van der Waals surface area contributed by atoms with Gasteiger partial charge >= 0.3 is 0 Å². The van der Waals surface area contributed by atoms with Gasteiger partial charge in [-0.3, -0.25) is 14.8 Å². The molecule has 1 aliphatic rings. The van der Waals surface area contributed by atoms with E-state index in [4.69, 9.17) is 0 Å². The quantitative estimate of drug-likeness (QED) is 0.284. The van der Waals surface area contributed by atoms with Crippen molar-refractivity contribution in [2.75, 3.05) is 72.5 Å². The van der Waals surface area contributed by atoms with E-state index in [0.29, 0.717) is 6.04 Å². The van der Waals surface area contributed by atoms with Crippen LogP contribution in [0, 0.1) is 0 Å². The van der Waals surface area contributed by atoms with Gasteiger partial charge in [0.1, 0.15) is 0 Å². The third-order valence-corrected chi connectivity index (χ3v) is 5.76. The first-order valence-corrected chi connectivity index (χ1v) is 10.9. The number of rotatable bonds is 10. The van der Waals surface area contributed by atoms with Crippen molar-refractivity contribution in [1.82, 2.24) is 25.3 Å². The molecule has 1 unspecified atom stereocenters. The van der Waals surface area contributed by atoms with Crippen molar-refractivity contribution in [3.63, 3.8) is 0 Å². The van der Waals surface area contributed by atoms with Crippen LogP contribution in [0.15, 0.2) is 35.3 Å². The third kappa shape index (κ3) is 8.78. The highest BCUT2D eigenvalue weighted by Gasteiger charge is 2.18. The van der Waals surface area contributed by atoms with Gasteiger partial charge in [0.05, 0.1) is 6.04 Å². The summed E-state index contributed by atoms with van der Waals surface area (Å²) in [6.45, 7) is 17.5. The molecular formula is C22H41IN6. The average Bonchev–Trinajstić information content (AvgIpc) is 2.76. The van der Waals surface area contributed by atoms with Gasteiger partial charge in [-0.15, -0.1) is 24.0 Å². The number of hydrogen-bond acceptors (Lipinski definition) is 4. The van der Waals surface area contributed by atoms with Crippen molar-refractivity contribution in [3.05, 3.63) is 35.9 Å². The Morgan fingerprint density at radius 1 is 1.00 bits per heavy atom. The average molecular weight is 517 g/mol. The molecule has 1 fully saturated rings. The molecule has 1 saturated heterocycles. The molecule has 0 bridgehead atoms. The van der Waals surface area contributed by atoms with Gasteiger partial charge in [-0.25, -0.2) is 0 Å². The van der Waals surface area contributed by atoms with Crippen LogP contribution in [-0.2, 0) is 0 Å². The molecule has 1 aliphatic heterocycles. The van der Waals surface area contributed by atoms with Crippen molar-refractivity contribution in [2.24, 2.45) is 4.99 Å². The smallest absolute Gasteiger partial charge is 0.191 e. The fraction of sp³-hybridized carbons (Fsp3) is 0.682. The molecule has 29 heavy (non-hydrogen) atoms. The van der Waals surface area contributed by atoms with Crippen molar-refractivity contribution in [2.45, 2.75) is 26.8 Å². The van der Waals surface area contributed by atoms with Crippen LogP contribution in [0.1, 0.15) is 32.4 Å². The van der Waals surface area contributed by atoms with Crippen LogP contribution >= 0.6 is 24.0 Å². The predicted octanol–water partition coefficient (Wildman–Crippen LogP) is 2.49. The fourth-order valence-electron chi connectivity index (χ4n) is 3.87. The molecule has 1 atom stereocenters. The lowest BCUT2D eigenvalue weighted by Crippen LogP contribution is -2.49. The van der Waals surface area contributed by atoms with Crippen LogP contribution in [0.5, 0.6) is 0 Å². The van der Waals surface area contributed by atoms with E-state index in [1.807, 2.05) is 7.05 Å². The summed E-state index contributed by atoms with van der Waals surface area (Å²) in [7, 11) is 1.85. The lowest BCUT2D eigenvalue weighted by atomic mass is 10.1. The molecule has 0 radical (unpaired) electrons. The highest BCUT2D eigenvalue weighted by atomic mass is 127. The molecule has 0 amide bonds. The van der Waals surface area contributed by atoms with Crippen LogP contribution in [0.3, 0.4) is 0 Å². The maximum absolute atomic E-state index is 4.42. The van der Waals surface area contributed by atoms with Crippen LogP contribution < -0.4 is 10.6 Å². The second-order valence-corrected chi connectivity index (χ2v) is 7.30. The number of likely N-dealkylation sites (N-methyl/N-ethyl adjacent to an activating group) is 2. The molecule has 1 aromatic rings.